The molecular formula is C24H20F3NO3. The minimum absolute atomic E-state index is 0.205. The number of carbonyl (C=O) groups is 2. The van der Waals surface area contributed by atoms with E-state index in [1.807, 2.05) is 36.4 Å². The van der Waals surface area contributed by atoms with E-state index < -0.39 is 35.6 Å². The molecule has 31 heavy (non-hydrogen) atoms. The highest BCUT2D eigenvalue weighted by atomic mass is 19.4. The smallest absolute Gasteiger partial charge is 0.416 e. The molecule has 1 amide bonds. The second-order valence-electron chi connectivity index (χ2n) is 6.85. The second kappa shape index (κ2) is 9.47. The molecule has 3 rings (SSSR count). The lowest BCUT2D eigenvalue weighted by molar-refractivity contribution is -0.143. The average molecular weight is 427 g/mol. The number of amides is 1. The zero-order valence-corrected chi connectivity index (χ0v) is 16.6. The molecule has 0 radical (unpaired) electrons. The number of methoxy groups -OCH3 is 1. The Kier molecular flexibility index (Phi) is 6.74. The first kappa shape index (κ1) is 22.1. The predicted molar refractivity (Wildman–Crippen MR) is 109 cm³/mol. The summed E-state index contributed by atoms with van der Waals surface area (Å²) in [6.07, 6.45) is -4.59. The molecule has 0 bridgehead atoms. The number of hydrogen-bond acceptors (Lipinski definition) is 3. The van der Waals surface area contributed by atoms with Crippen LogP contribution in [0, 0.1) is 0 Å². The standard InChI is InChI=1S/C24H20F3NO3/c1-31-23(30)21(28-22(29)18-13-8-14-19(15-18)24(25,26)27)20(16-9-4-2-5-10-16)17-11-6-3-7-12-17/h2-15,20-21H,1H3,(H,28,29)/t21-/m0/s1. The molecule has 1 N–H and O–H groups in total. The lowest BCUT2D eigenvalue weighted by Gasteiger charge is -2.27. The largest absolute Gasteiger partial charge is 0.467 e. The lowest BCUT2D eigenvalue weighted by Crippen LogP contribution is -2.46. The van der Waals surface area contributed by atoms with E-state index in [1.54, 1.807) is 24.3 Å². The van der Waals surface area contributed by atoms with Crippen LogP contribution >= 0.6 is 0 Å². The van der Waals surface area contributed by atoms with Crippen LogP contribution in [0.25, 0.3) is 0 Å². The van der Waals surface area contributed by atoms with E-state index in [1.165, 1.54) is 13.2 Å². The normalized spacial score (nSPS) is 12.3. The van der Waals surface area contributed by atoms with Crippen LogP contribution in [-0.2, 0) is 15.7 Å². The molecule has 0 saturated carbocycles. The van der Waals surface area contributed by atoms with Crippen LogP contribution in [0.15, 0.2) is 84.9 Å². The van der Waals surface area contributed by atoms with Crippen molar-refractivity contribution in [2.75, 3.05) is 7.11 Å². The van der Waals surface area contributed by atoms with Crippen molar-refractivity contribution in [3.63, 3.8) is 0 Å². The Labute approximate surface area is 177 Å². The fraction of sp³-hybridized carbons (Fsp3) is 0.167. The Hall–Kier alpha value is -3.61. The number of carbonyl (C=O) groups excluding carboxylic acids is 2. The number of nitrogens with one attached hydrogen (secondary N) is 1. The number of esters is 1. The third-order valence-electron chi connectivity index (χ3n) is 4.84. The molecule has 0 fully saturated rings. The topological polar surface area (TPSA) is 55.4 Å². The highest BCUT2D eigenvalue weighted by Crippen LogP contribution is 2.31. The summed E-state index contributed by atoms with van der Waals surface area (Å²) in [6.45, 7) is 0. The maximum absolute atomic E-state index is 13.0. The minimum atomic E-state index is -4.59. The molecule has 0 aliphatic rings. The Balaban J connectivity index is 2.00. The van der Waals surface area contributed by atoms with Crippen molar-refractivity contribution in [3.05, 3.63) is 107 Å². The minimum Gasteiger partial charge on any atom is -0.467 e. The molecule has 0 saturated heterocycles. The molecule has 3 aromatic carbocycles. The molecule has 0 unspecified atom stereocenters. The van der Waals surface area contributed by atoms with Crippen molar-refractivity contribution in [1.82, 2.24) is 5.32 Å². The number of benzene rings is 3. The summed E-state index contributed by atoms with van der Waals surface area (Å²) in [5.74, 6) is -2.12. The fourth-order valence-electron chi connectivity index (χ4n) is 3.36. The number of hydrogen-bond donors (Lipinski definition) is 1. The summed E-state index contributed by atoms with van der Waals surface area (Å²) >= 11 is 0. The highest BCUT2D eigenvalue weighted by Gasteiger charge is 2.35. The summed E-state index contributed by atoms with van der Waals surface area (Å²) in [7, 11) is 1.19. The van der Waals surface area contributed by atoms with Crippen LogP contribution in [0.1, 0.15) is 33.0 Å². The van der Waals surface area contributed by atoms with Gasteiger partial charge in [-0.25, -0.2) is 4.79 Å². The average Bonchev–Trinajstić information content (AvgIpc) is 2.79. The van der Waals surface area contributed by atoms with Crippen LogP contribution < -0.4 is 5.32 Å². The summed E-state index contributed by atoms with van der Waals surface area (Å²) in [4.78, 5) is 25.5. The van der Waals surface area contributed by atoms with Crippen LogP contribution in [-0.4, -0.2) is 25.0 Å². The quantitative estimate of drug-likeness (QED) is 0.575. The van der Waals surface area contributed by atoms with E-state index in [-0.39, 0.29) is 5.56 Å². The summed E-state index contributed by atoms with van der Waals surface area (Å²) < 4.78 is 44.0. The van der Waals surface area contributed by atoms with E-state index >= 15 is 0 Å². The first-order valence-corrected chi connectivity index (χ1v) is 9.47. The first-order chi connectivity index (χ1) is 14.8. The van der Waals surface area contributed by atoms with Gasteiger partial charge in [-0.3, -0.25) is 4.79 Å². The van der Waals surface area contributed by atoms with Gasteiger partial charge in [-0.15, -0.1) is 0 Å². The van der Waals surface area contributed by atoms with Crippen molar-refractivity contribution in [1.29, 1.82) is 0 Å². The van der Waals surface area contributed by atoms with E-state index in [0.29, 0.717) is 0 Å². The summed E-state index contributed by atoms with van der Waals surface area (Å²) in [5.41, 5.74) is 0.336. The highest BCUT2D eigenvalue weighted by molar-refractivity contribution is 5.97. The molecule has 0 spiro atoms. The van der Waals surface area contributed by atoms with Crippen LogP contribution in [0.5, 0.6) is 0 Å². The number of alkyl halides is 3. The van der Waals surface area contributed by atoms with E-state index in [0.717, 1.165) is 29.3 Å². The van der Waals surface area contributed by atoms with Crippen molar-refractivity contribution in [3.8, 4) is 0 Å². The van der Waals surface area contributed by atoms with Crippen LogP contribution in [0.2, 0.25) is 0 Å². The second-order valence-corrected chi connectivity index (χ2v) is 6.85. The third kappa shape index (κ3) is 5.31. The maximum atomic E-state index is 13.0. The van der Waals surface area contributed by atoms with Gasteiger partial charge in [0.15, 0.2) is 0 Å². The van der Waals surface area contributed by atoms with Gasteiger partial charge in [0.2, 0.25) is 0 Å². The number of rotatable bonds is 6. The zero-order chi connectivity index (χ0) is 22.4. The SMILES string of the molecule is COC(=O)[C@@H](NC(=O)c1cccc(C(F)(F)F)c1)C(c1ccccc1)c1ccccc1. The third-order valence-corrected chi connectivity index (χ3v) is 4.84. The molecule has 0 aromatic heterocycles. The molecule has 0 heterocycles. The predicted octanol–water partition coefficient (Wildman–Crippen LogP) is 4.81. The molecule has 3 aromatic rings. The Morgan fingerprint density at radius 3 is 1.87 bits per heavy atom. The van der Waals surface area contributed by atoms with Gasteiger partial charge < -0.3 is 10.1 Å². The Morgan fingerprint density at radius 1 is 0.839 bits per heavy atom. The van der Waals surface area contributed by atoms with Gasteiger partial charge in [-0.05, 0) is 29.3 Å². The van der Waals surface area contributed by atoms with Crippen LogP contribution in [0.3, 0.4) is 0 Å². The molecule has 1 atom stereocenters. The van der Waals surface area contributed by atoms with E-state index in [2.05, 4.69) is 5.32 Å². The van der Waals surface area contributed by atoms with Crippen molar-refractivity contribution in [2.24, 2.45) is 0 Å². The zero-order valence-electron chi connectivity index (χ0n) is 16.6. The van der Waals surface area contributed by atoms with Crippen molar-refractivity contribution < 1.29 is 27.5 Å². The monoisotopic (exact) mass is 427 g/mol. The van der Waals surface area contributed by atoms with Crippen molar-refractivity contribution in [2.45, 2.75) is 18.1 Å². The maximum Gasteiger partial charge on any atom is 0.416 e. The molecule has 160 valence electrons. The summed E-state index contributed by atoms with van der Waals surface area (Å²) in [6, 6.07) is 21.0. The van der Waals surface area contributed by atoms with Gasteiger partial charge in [-0.1, -0.05) is 66.7 Å². The molecule has 7 heteroatoms. The fourth-order valence-corrected chi connectivity index (χ4v) is 3.36. The molecule has 0 aliphatic heterocycles. The lowest BCUT2D eigenvalue weighted by atomic mass is 9.84. The molecule has 4 nitrogen and oxygen atoms in total. The van der Waals surface area contributed by atoms with Gasteiger partial charge in [0.25, 0.3) is 5.91 Å². The number of ether oxygens (including phenoxy) is 1. The Morgan fingerprint density at radius 2 is 1.39 bits per heavy atom. The number of halogens is 3. The van der Waals surface area contributed by atoms with Gasteiger partial charge in [-0.2, -0.15) is 13.2 Å². The van der Waals surface area contributed by atoms with Crippen molar-refractivity contribution >= 4 is 11.9 Å². The van der Waals surface area contributed by atoms with Gasteiger partial charge >= 0.3 is 12.1 Å². The van der Waals surface area contributed by atoms with Gasteiger partial charge in [0.05, 0.1) is 12.7 Å². The Bertz CT molecular complexity index is 997. The molecular weight excluding hydrogens is 407 g/mol. The van der Waals surface area contributed by atoms with E-state index in [4.69, 9.17) is 4.74 Å². The molecule has 0 aliphatic carbocycles. The first-order valence-electron chi connectivity index (χ1n) is 9.47. The van der Waals surface area contributed by atoms with Gasteiger partial charge in [0.1, 0.15) is 6.04 Å². The summed E-state index contributed by atoms with van der Waals surface area (Å²) in [5, 5.41) is 2.58. The van der Waals surface area contributed by atoms with Crippen LogP contribution in [0.4, 0.5) is 13.2 Å². The van der Waals surface area contributed by atoms with E-state index in [9.17, 15) is 22.8 Å². The van der Waals surface area contributed by atoms with Gasteiger partial charge in [0, 0.05) is 11.5 Å².